The van der Waals surface area contributed by atoms with Gasteiger partial charge in [-0.05, 0) is 34.4 Å². The van der Waals surface area contributed by atoms with Crippen molar-refractivity contribution in [3.05, 3.63) is 90.0 Å². The van der Waals surface area contributed by atoms with Crippen molar-refractivity contribution in [3.8, 4) is 16.9 Å². The fraction of sp³-hybridized carbons (Fsp3) is 0.100. The highest BCUT2D eigenvalue weighted by Gasteiger charge is 2.13. The highest BCUT2D eigenvalue weighted by atomic mass is 16.5. The van der Waals surface area contributed by atoms with E-state index in [1.165, 1.54) is 11.1 Å². The number of hydrogen-bond donors (Lipinski definition) is 1. The molecule has 0 amide bonds. The van der Waals surface area contributed by atoms with Crippen LogP contribution in [0.4, 0.5) is 0 Å². The number of nitrogens with two attached hydrogens (primary N) is 1. The Bertz CT molecular complexity index is 735. The van der Waals surface area contributed by atoms with Gasteiger partial charge in [-0.15, -0.1) is 0 Å². The molecule has 3 rings (SSSR count). The molecule has 22 heavy (non-hydrogen) atoms. The van der Waals surface area contributed by atoms with Crippen molar-refractivity contribution in [2.45, 2.75) is 6.04 Å². The molecule has 2 N–H and O–H groups in total. The zero-order valence-corrected chi connectivity index (χ0v) is 12.6. The summed E-state index contributed by atoms with van der Waals surface area (Å²) in [5.41, 5.74) is 11.1. The average molecular weight is 289 g/mol. The predicted molar refractivity (Wildman–Crippen MR) is 90.9 cm³/mol. The molecule has 0 saturated heterocycles. The molecule has 3 aromatic carbocycles. The van der Waals surface area contributed by atoms with Gasteiger partial charge < -0.3 is 10.5 Å². The van der Waals surface area contributed by atoms with Crippen LogP contribution >= 0.6 is 0 Å². The van der Waals surface area contributed by atoms with Crippen molar-refractivity contribution in [2.24, 2.45) is 5.73 Å². The fourth-order valence-corrected chi connectivity index (χ4v) is 2.64. The van der Waals surface area contributed by atoms with Gasteiger partial charge in [0.15, 0.2) is 0 Å². The summed E-state index contributed by atoms with van der Waals surface area (Å²) in [4.78, 5) is 0. The minimum absolute atomic E-state index is 0.165. The third-order valence-electron chi connectivity index (χ3n) is 3.86. The van der Waals surface area contributed by atoms with Crippen LogP contribution in [0, 0.1) is 0 Å². The first-order valence-corrected chi connectivity index (χ1v) is 7.33. The summed E-state index contributed by atoms with van der Waals surface area (Å²) in [5.74, 6) is 0.840. The molecular weight excluding hydrogens is 270 g/mol. The summed E-state index contributed by atoms with van der Waals surface area (Å²) in [6.07, 6.45) is 0. The number of rotatable bonds is 4. The zero-order valence-electron chi connectivity index (χ0n) is 12.6. The normalized spacial score (nSPS) is 11.9. The van der Waals surface area contributed by atoms with Crippen LogP contribution in [0.3, 0.4) is 0 Å². The predicted octanol–water partition coefficient (Wildman–Crippen LogP) is 4.41. The van der Waals surface area contributed by atoms with E-state index in [4.69, 9.17) is 10.5 Å². The fourth-order valence-electron chi connectivity index (χ4n) is 2.64. The van der Waals surface area contributed by atoms with Gasteiger partial charge in [0.1, 0.15) is 5.75 Å². The Morgan fingerprint density at radius 2 is 1.41 bits per heavy atom. The molecule has 0 bridgehead atoms. The van der Waals surface area contributed by atoms with Gasteiger partial charge in [-0.25, -0.2) is 0 Å². The van der Waals surface area contributed by atoms with E-state index in [1.54, 1.807) is 7.11 Å². The zero-order chi connectivity index (χ0) is 15.4. The van der Waals surface area contributed by atoms with Crippen LogP contribution in [0.25, 0.3) is 11.1 Å². The Hall–Kier alpha value is -2.58. The second-order valence-electron chi connectivity index (χ2n) is 5.20. The second kappa shape index (κ2) is 6.46. The number of methoxy groups -OCH3 is 1. The third kappa shape index (κ3) is 2.87. The van der Waals surface area contributed by atoms with Gasteiger partial charge in [0.25, 0.3) is 0 Å². The molecule has 0 fully saturated rings. The van der Waals surface area contributed by atoms with E-state index in [-0.39, 0.29) is 6.04 Å². The first kappa shape index (κ1) is 14.4. The number of hydrogen-bond acceptors (Lipinski definition) is 2. The third-order valence-corrected chi connectivity index (χ3v) is 3.86. The van der Waals surface area contributed by atoms with Crippen molar-refractivity contribution < 1.29 is 4.74 Å². The Balaban J connectivity index is 2.00. The Morgan fingerprint density at radius 3 is 2.09 bits per heavy atom. The van der Waals surface area contributed by atoms with Crippen LogP contribution < -0.4 is 10.5 Å². The molecule has 110 valence electrons. The lowest BCUT2D eigenvalue weighted by molar-refractivity contribution is 0.414. The summed E-state index contributed by atoms with van der Waals surface area (Å²) < 4.78 is 5.21. The smallest absolute Gasteiger partial charge is 0.118 e. The van der Waals surface area contributed by atoms with Gasteiger partial charge in [0.2, 0.25) is 0 Å². The molecule has 2 heteroatoms. The van der Waals surface area contributed by atoms with Gasteiger partial charge >= 0.3 is 0 Å². The Kier molecular flexibility index (Phi) is 4.22. The highest BCUT2D eigenvalue weighted by Crippen LogP contribution is 2.30. The molecule has 2 nitrogen and oxygen atoms in total. The minimum Gasteiger partial charge on any atom is -0.497 e. The van der Waals surface area contributed by atoms with E-state index in [9.17, 15) is 0 Å². The summed E-state index contributed by atoms with van der Waals surface area (Å²) >= 11 is 0. The van der Waals surface area contributed by atoms with Gasteiger partial charge in [0, 0.05) is 0 Å². The quantitative estimate of drug-likeness (QED) is 0.772. The maximum atomic E-state index is 6.51. The lowest BCUT2D eigenvalue weighted by atomic mass is 9.91. The minimum atomic E-state index is -0.165. The van der Waals surface area contributed by atoms with Crippen molar-refractivity contribution in [2.75, 3.05) is 7.11 Å². The largest absolute Gasteiger partial charge is 0.497 e. The lowest BCUT2D eigenvalue weighted by Crippen LogP contribution is -2.13. The van der Waals surface area contributed by atoms with Crippen LogP contribution in [0.5, 0.6) is 5.75 Å². The van der Waals surface area contributed by atoms with Crippen molar-refractivity contribution in [1.29, 1.82) is 0 Å². The molecule has 0 saturated carbocycles. The molecule has 0 aliphatic rings. The van der Waals surface area contributed by atoms with Crippen molar-refractivity contribution in [3.63, 3.8) is 0 Å². The molecule has 0 radical (unpaired) electrons. The standard InChI is InChI=1S/C20H19NO/c1-22-17-13-11-16(12-14-17)20(21)19-10-6-5-9-18(19)15-7-3-2-4-8-15/h2-14,20H,21H2,1H3. The lowest BCUT2D eigenvalue weighted by Gasteiger charge is -2.17. The first-order valence-electron chi connectivity index (χ1n) is 7.33. The molecule has 0 aliphatic carbocycles. The van der Waals surface area contributed by atoms with Crippen LogP contribution in [-0.2, 0) is 0 Å². The molecule has 0 aliphatic heterocycles. The SMILES string of the molecule is COc1ccc(C(N)c2ccccc2-c2ccccc2)cc1. The first-order chi connectivity index (χ1) is 10.8. The van der Waals surface area contributed by atoms with Gasteiger partial charge in [-0.3, -0.25) is 0 Å². The van der Waals surface area contributed by atoms with Crippen LogP contribution in [0.1, 0.15) is 17.2 Å². The van der Waals surface area contributed by atoms with E-state index < -0.39 is 0 Å². The van der Waals surface area contributed by atoms with E-state index in [0.717, 1.165) is 16.9 Å². The van der Waals surface area contributed by atoms with Crippen LogP contribution in [0.15, 0.2) is 78.9 Å². The second-order valence-corrected chi connectivity index (χ2v) is 5.20. The van der Waals surface area contributed by atoms with E-state index in [2.05, 4.69) is 24.3 Å². The molecule has 1 unspecified atom stereocenters. The van der Waals surface area contributed by atoms with Crippen LogP contribution in [-0.4, -0.2) is 7.11 Å². The van der Waals surface area contributed by atoms with Gasteiger partial charge in [-0.2, -0.15) is 0 Å². The van der Waals surface area contributed by atoms with Gasteiger partial charge in [0.05, 0.1) is 13.2 Å². The summed E-state index contributed by atoms with van der Waals surface area (Å²) in [7, 11) is 1.67. The molecular formula is C20H19NO. The summed E-state index contributed by atoms with van der Waals surface area (Å²) in [6, 6.07) is 26.4. The molecule has 0 aromatic heterocycles. The van der Waals surface area contributed by atoms with Crippen LogP contribution in [0.2, 0.25) is 0 Å². The topological polar surface area (TPSA) is 35.2 Å². The van der Waals surface area contributed by atoms with Crippen molar-refractivity contribution >= 4 is 0 Å². The molecule has 0 heterocycles. The number of benzene rings is 3. The Labute approximate surface area is 131 Å². The number of ether oxygens (including phenoxy) is 1. The molecule has 3 aromatic rings. The molecule has 0 spiro atoms. The highest BCUT2D eigenvalue weighted by molar-refractivity contribution is 5.68. The summed E-state index contributed by atoms with van der Waals surface area (Å²) in [5, 5.41) is 0. The summed E-state index contributed by atoms with van der Waals surface area (Å²) in [6.45, 7) is 0. The maximum absolute atomic E-state index is 6.51. The molecule has 1 atom stereocenters. The monoisotopic (exact) mass is 289 g/mol. The van der Waals surface area contributed by atoms with E-state index in [1.807, 2.05) is 54.6 Å². The average Bonchev–Trinajstić information content (AvgIpc) is 2.62. The van der Waals surface area contributed by atoms with E-state index in [0.29, 0.717) is 0 Å². The maximum Gasteiger partial charge on any atom is 0.118 e. The van der Waals surface area contributed by atoms with Gasteiger partial charge in [-0.1, -0.05) is 66.7 Å². The van der Waals surface area contributed by atoms with Crippen molar-refractivity contribution in [1.82, 2.24) is 0 Å². The Morgan fingerprint density at radius 1 is 0.773 bits per heavy atom. The van der Waals surface area contributed by atoms with E-state index >= 15 is 0 Å².